The van der Waals surface area contributed by atoms with Crippen LogP contribution < -0.4 is 10.5 Å². The van der Waals surface area contributed by atoms with Gasteiger partial charge in [-0.2, -0.15) is 0 Å². The number of anilines is 1. The van der Waals surface area contributed by atoms with E-state index in [1.54, 1.807) is 6.07 Å². The molecule has 0 aromatic carbocycles. The highest BCUT2D eigenvalue weighted by atomic mass is 16.1. The quantitative estimate of drug-likeness (QED) is 0.931. The molecule has 0 bridgehead atoms. The Morgan fingerprint density at radius 1 is 1.28 bits per heavy atom. The Balaban J connectivity index is 1.60. The van der Waals surface area contributed by atoms with Crippen molar-refractivity contribution in [1.29, 1.82) is 0 Å². The Morgan fingerprint density at radius 2 is 2.12 bits per heavy atom. The van der Waals surface area contributed by atoms with Crippen LogP contribution in [0.1, 0.15) is 45.2 Å². The fraction of sp³-hybridized carbons (Fsp3) is 0.550. The second kappa shape index (κ2) is 6.62. The fourth-order valence-corrected chi connectivity index (χ4v) is 4.56. The van der Waals surface area contributed by atoms with Crippen LogP contribution in [0.3, 0.4) is 0 Å². The summed E-state index contributed by atoms with van der Waals surface area (Å²) in [6.45, 7) is 5.48. The molecule has 3 unspecified atom stereocenters. The molecule has 132 valence electrons. The number of rotatable bonds is 3. The molecule has 2 fully saturated rings. The summed E-state index contributed by atoms with van der Waals surface area (Å²) in [5, 5.41) is 0. The van der Waals surface area contributed by atoms with Crippen LogP contribution in [0.15, 0.2) is 29.2 Å². The van der Waals surface area contributed by atoms with Gasteiger partial charge in [0.05, 0.1) is 0 Å². The maximum Gasteiger partial charge on any atom is 0.251 e. The molecule has 2 aromatic rings. The Bertz CT molecular complexity index is 798. The predicted octanol–water partition coefficient (Wildman–Crippen LogP) is 3.41. The van der Waals surface area contributed by atoms with Crippen molar-refractivity contribution in [1.82, 2.24) is 15.0 Å². The van der Waals surface area contributed by atoms with Crippen LogP contribution in [-0.2, 0) is 6.42 Å². The van der Waals surface area contributed by atoms with Crippen LogP contribution in [0.25, 0.3) is 11.4 Å². The van der Waals surface area contributed by atoms with E-state index < -0.39 is 0 Å². The van der Waals surface area contributed by atoms with E-state index in [-0.39, 0.29) is 5.56 Å². The molecule has 3 heterocycles. The van der Waals surface area contributed by atoms with Gasteiger partial charge in [-0.3, -0.25) is 4.79 Å². The van der Waals surface area contributed by atoms with Gasteiger partial charge in [-0.15, -0.1) is 0 Å². The van der Waals surface area contributed by atoms with Gasteiger partial charge in [-0.05, 0) is 43.2 Å². The number of aromatic nitrogens is 3. The van der Waals surface area contributed by atoms with Gasteiger partial charge in [0.15, 0.2) is 0 Å². The highest BCUT2D eigenvalue weighted by Gasteiger charge is 2.40. The largest absolute Gasteiger partial charge is 0.353 e. The van der Waals surface area contributed by atoms with Gasteiger partial charge in [0.2, 0.25) is 0 Å². The first-order valence-corrected chi connectivity index (χ1v) is 9.49. The van der Waals surface area contributed by atoms with Crippen LogP contribution in [0.2, 0.25) is 0 Å². The lowest BCUT2D eigenvalue weighted by atomic mass is 9.80. The number of hydrogen-bond donors (Lipinski definition) is 1. The number of aryl methyl sites for hydroxylation is 1. The van der Waals surface area contributed by atoms with Crippen molar-refractivity contribution in [2.75, 3.05) is 11.4 Å². The third-order valence-corrected chi connectivity index (χ3v) is 5.87. The van der Waals surface area contributed by atoms with Gasteiger partial charge >= 0.3 is 0 Å². The molecule has 0 spiro atoms. The van der Waals surface area contributed by atoms with Gasteiger partial charge < -0.3 is 9.88 Å². The van der Waals surface area contributed by atoms with Crippen molar-refractivity contribution in [3.63, 3.8) is 0 Å². The first kappa shape index (κ1) is 16.3. The molecule has 4 rings (SSSR count). The van der Waals surface area contributed by atoms with Gasteiger partial charge in [-0.25, -0.2) is 9.97 Å². The Morgan fingerprint density at radius 3 is 2.88 bits per heavy atom. The van der Waals surface area contributed by atoms with Gasteiger partial charge in [0, 0.05) is 36.1 Å². The molecule has 1 aliphatic heterocycles. The van der Waals surface area contributed by atoms with Crippen LogP contribution in [0, 0.1) is 11.8 Å². The molecular weight excluding hydrogens is 312 g/mol. The third kappa shape index (κ3) is 3.08. The maximum atomic E-state index is 11.8. The minimum Gasteiger partial charge on any atom is -0.353 e. The fourth-order valence-electron chi connectivity index (χ4n) is 4.56. The zero-order valence-electron chi connectivity index (χ0n) is 15.0. The molecule has 0 radical (unpaired) electrons. The van der Waals surface area contributed by atoms with E-state index in [4.69, 9.17) is 4.98 Å². The predicted molar refractivity (Wildman–Crippen MR) is 99.7 cm³/mol. The van der Waals surface area contributed by atoms with Crippen molar-refractivity contribution in [2.24, 2.45) is 11.8 Å². The second-order valence-electron chi connectivity index (χ2n) is 7.49. The van der Waals surface area contributed by atoms with Gasteiger partial charge in [-0.1, -0.05) is 26.7 Å². The average molecular weight is 338 g/mol. The van der Waals surface area contributed by atoms with Gasteiger partial charge in [0.25, 0.3) is 5.56 Å². The lowest BCUT2D eigenvalue weighted by Gasteiger charge is -2.32. The number of hydrogen-bond acceptors (Lipinski definition) is 4. The molecule has 1 saturated heterocycles. The topological polar surface area (TPSA) is 61.9 Å². The van der Waals surface area contributed by atoms with E-state index in [0.29, 0.717) is 11.9 Å². The minimum atomic E-state index is -0.107. The second-order valence-corrected chi connectivity index (χ2v) is 7.49. The zero-order chi connectivity index (χ0) is 17.4. The molecule has 2 aromatic heterocycles. The van der Waals surface area contributed by atoms with Crippen molar-refractivity contribution in [3.8, 4) is 11.4 Å². The Kier molecular flexibility index (Phi) is 4.32. The molecule has 2 aliphatic rings. The lowest BCUT2D eigenvalue weighted by Crippen LogP contribution is -2.35. The van der Waals surface area contributed by atoms with Crippen LogP contribution in [0.4, 0.5) is 5.82 Å². The third-order valence-electron chi connectivity index (χ3n) is 5.87. The highest BCUT2D eigenvalue weighted by Crippen LogP contribution is 2.41. The first-order chi connectivity index (χ1) is 12.2. The summed E-state index contributed by atoms with van der Waals surface area (Å²) in [6, 6.07) is 6.31. The summed E-state index contributed by atoms with van der Waals surface area (Å²) >= 11 is 0. The van der Waals surface area contributed by atoms with E-state index in [2.05, 4.69) is 27.9 Å². The monoisotopic (exact) mass is 338 g/mol. The molecule has 0 amide bonds. The summed E-state index contributed by atoms with van der Waals surface area (Å²) in [7, 11) is 0. The number of nitrogens with one attached hydrogen (secondary N) is 1. The standard InChI is InChI=1S/C20H26N4O/c1-3-15-10-19(25)23-20(22-15)14-8-9-18(21-11-14)24-12-13(2)16-6-4-5-7-17(16)24/h8-11,13,16-17H,3-7,12H2,1-2H3,(H,22,23,25). The van der Waals surface area contributed by atoms with Crippen molar-refractivity contribution < 1.29 is 0 Å². The van der Waals surface area contributed by atoms with E-state index in [1.165, 1.54) is 25.7 Å². The van der Waals surface area contributed by atoms with Crippen molar-refractivity contribution in [2.45, 2.75) is 52.0 Å². The first-order valence-electron chi connectivity index (χ1n) is 9.49. The number of H-pyrrole nitrogens is 1. The molecule has 5 heteroatoms. The maximum absolute atomic E-state index is 11.8. The smallest absolute Gasteiger partial charge is 0.251 e. The van der Waals surface area contributed by atoms with Crippen LogP contribution in [-0.4, -0.2) is 27.5 Å². The number of fused-ring (bicyclic) bond motifs is 1. The van der Waals surface area contributed by atoms with Crippen molar-refractivity contribution >= 4 is 5.82 Å². The van der Waals surface area contributed by atoms with E-state index in [0.717, 1.165) is 41.9 Å². The zero-order valence-corrected chi connectivity index (χ0v) is 15.0. The SMILES string of the molecule is CCc1cc(=O)[nH]c(-c2ccc(N3CC(C)C4CCCCC43)nc2)n1. The van der Waals surface area contributed by atoms with E-state index in [1.807, 2.05) is 19.2 Å². The summed E-state index contributed by atoms with van der Waals surface area (Å²) < 4.78 is 0. The molecule has 1 N–H and O–H groups in total. The molecule has 5 nitrogen and oxygen atoms in total. The van der Waals surface area contributed by atoms with Gasteiger partial charge in [0.1, 0.15) is 11.6 Å². The van der Waals surface area contributed by atoms with Crippen LogP contribution >= 0.6 is 0 Å². The number of nitrogens with zero attached hydrogens (tertiary/aromatic N) is 3. The summed E-state index contributed by atoms with van der Waals surface area (Å²) in [5.74, 6) is 3.22. The number of pyridine rings is 1. The molecule has 3 atom stereocenters. The Hall–Kier alpha value is -2.17. The van der Waals surface area contributed by atoms with E-state index in [9.17, 15) is 4.79 Å². The average Bonchev–Trinajstić information content (AvgIpc) is 2.98. The van der Waals surface area contributed by atoms with E-state index >= 15 is 0 Å². The molecule has 1 aliphatic carbocycles. The molecular formula is C20H26N4O. The van der Waals surface area contributed by atoms with Crippen molar-refractivity contribution in [3.05, 3.63) is 40.4 Å². The normalized spacial score (nSPS) is 25.8. The molecule has 25 heavy (non-hydrogen) atoms. The number of aromatic amines is 1. The minimum absolute atomic E-state index is 0.107. The molecule has 1 saturated carbocycles. The summed E-state index contributed by atoms with van der Waals surface area (Å²) in [6.07, 6.45) is 7.93. The Labute approximate surface area is 148 Å². The summed E-state index contributed by atoms with van der Waals surface area (Å²) in [4.78, 5) is 26.3. The van der Waals surface area contributed by atoms with Crippen LogP contribution in [0.5, 0.6) is 0 Å². The summed E-state index contributed by atoms with van der Waals surface area (Å²) in [5.41, 5.74) is 1.56. The highest BCUT2D eigenvalue weighted by molar-refractivity contribution is 5.57. The lowest BCUT2D eigenvalue weighted by molar-refractivity contribution is 0.293.